The molecule has 1 aliphatic heterocycles. The maximum absolute atomic E-state index is 6.85. The number of ether oxygens (including phenoxy) is 2. The van der Waals surface area contributed by atoms with Crippen molar-refractivity contribution in [1.82, 2.24) is 0 Å². The van der Waals surface area contributed by atoms with E-state index in [9.17, 15) is 0 Å². The third-order valence-corrected chi connectivity index (χ3v) is 7.29. The molecule has 18 heavy (non-hydrogen) atoms. The average Bonchev–Trinajstić information content (AvgIpc) is 3.06. The van der Waals surface area contributed by atoms with Crippen molar-refractivity contribution < 1.29 is 9.47 Å². The highest BCUT2D eigenvalue weighted by Gasteiger charge is 2.85. The van der Waals surface area contributed by atoms with Crippen LogP contribution in [-0.4, -0.2) is 28.7 Å². The summed E-state index contributed by atoms with van der Waals surface area (Å²) in [5, 5.41) is 0.753. The minimum Gasteiger partial charge on any atom is -0.344 e. The van der Waals surface area contributed by atoms with Crippen molar-refractivity contribution in [3.05, 3.63) is 22.2 Å². The molecule has 4 rings (SSSR count). The molecule has 2 fully saturated rings. The summed E-state index contributed by atoms with van der Waals surface area (Å²) in [6.07, 6.45) is 4.95. The molecule has 6 heteroatoms. The van der Waals surface area contributed by atoms with Crippen LogP contribution in [0.3, 0.4) is 0 Å². The zero-order valence-electron chi connectivity index (χ0n) is 9.26. The standard InChI is InChI=1S/C12H10Cl4O2/c13-8-9(14)11(16)7-3-1-2-6(7)10(8,15)12(11)17-4-5-18-12/h1-2,6-7H,3-5H2/t6-,7-,10-,11+/m0/s1. The van der Waals surface area contributed by atoms with Gasteiger partial charge in [-0.3, -0.25) is 0 Å². The van der Waals surface area contributed by atoms with Gasteiger partial charge < -0.3 is 9.47 Å². The Hall–Kier alpha value is 0.560. The van der Waals surface area contributed by atoms with Crippen LogP contribution in [0, 0.1) is 11.8 Å². The minimum atomic E-state index is -1.13. The Morgan fingerprint density at radius 1 is 1.06 bits per heavy atom. The third kappa shape index (κ3) is 0.933. The minimum absolute atomic E-state index is 0.00441. The Bertz CT molecular complexity index is 496. The number of hydrogen-bond acceptors (Lipinski definition) is 2. The van der Waals surface area contributed by atoms with Crippen LogP contribution < -0.4 is 0 Å². The van der Waals surface area contributed by atoms with Gasteiger partial charge in [-0.1, -0.05) is 35.4 Å². The Balaban J connectivity index is 2.02. The highest BCUT2D eigenvalue weighted by atomic mass is 35.5. The fourth-order valence-corrected chi connectivity index (χ4v) is 6.06. The molecule has 2 nitrogen and oxygen atoms in total. The summed E-state index contributed by atoms with van der Waals surface area (Å²) >= 11 is 26.4. The molecule has 3 aliphatic carbocycles. The van der Waals surface area contributed by atoms with E-state index in [-0.39, 0.29) is 11.8 Å². The predicted octanol–water partition coefficient (Wildman–Crippen LogP) is 3.59. The molecule has 4 atom stereocenters. The molecule has 1 heterocycles. The van der Waals surface area contributed by atoms with Gasteiger partial charge in [-0.05, 0) is 6.42 Å². The largest absolute Gasteiger partial charge is 0.344 e. The Labute approximate surface area is 125 Å². The van der Waals surface area contributed by atoms with Crippen molar-refractivity contribution in [2.45, 2.75) is 22.0 Å². The molecule has 0 aromatic rings. The highest BCUT2D eigenvalue weighted by Crippen LogP contribution is 2.76. The lowest BCUT2D eigenvalue weighted by Crippen LogP contribution is -2.55. The van der Waals surface area contributed by atoms with E-state index >= 15 is 0 Å². The number of hydrogen-bond donors (Lipinski definition) is 0. The van der Waals surface area contributed by atoms with Gasteiger partial charge in [0, 0.05) is 11.8 Å². The van der Waals surface area contributed by atoms with Crippen molar-refractivity contribution in [2.24, 2.45) is 11.8 Å². The first kappa shape index (κ1) is 12.3. The Morgan fingerprint density at radius 2 is 1.67 bits per heavy atom. The van der Waals surface area contributed by atoms with E-state index in [0.717, 1.165) is 6.42 Å². The van der Waals surface area contributed by atoms with Gasteiger partial charge in [0.25, 0.3) is 0 Å². The van der Waals surface area contributed by atoms with Crippen LogP contribution in [-0.2, 0) is 9.47 Å². The molecule has 1 saturated carbocycles. The summed E-state index contributed by atoms with van der Waals surface area (Å²) < 4.78 is 11.7. The number of fused-ring (bicyclic) bond motifs is 3. The molecule has 0 aromatic carbocycles. The van der Waals surface area contributed by atoms with E-state index in [2.05, 4.69) is 12.2 Å². The summed E-state index contributed by atoms with van der Waals surface area (Å²) in [6.45, 7) is 0.918. The monoisotopic (exact) mass is 326 g/mol. The number of halogens is 4. The van der Waals surface area contributed by atoms with Gasteiger partial charge >= 0.3 is 0 Å². The lowest BCUT2D eigenvalue weighted by molar-refractivity contribution is -0.172. The summed E-state index contributed by atoms with van der Waals surface area (Å²) in [5.74, 6) is -1.05. The average molecular weight is 328 g/mol. The van der Waals surface area contributed by atoms with Gasteiger partial charge in [0.2, 0.25) is 5.79 Å². The van der Waals surface area contributed by atoms with Gasteiger partial charge in [-0.2, -0.15) is 0 Å². The van der Waals surface area contributed by atoms with Gasteiger partial charge in [0.05, 0.1) is 23.3 Å². The molecule has 1 saturated heterocycles. The normalized spacial score (nSPS) is 51.8. The topological polar surface area (TPSA) is 18.5 Å². The van der Waals surface area contributed by atoms with Crippen LogP contribution in [0.5, 0.6) is 0 Å². The molecule has 0 aromatic heterocycles. The van der Waals surface area contributed by atoms with Crippen molar-refractivity contribution >= 4 is 46.4 Å². The van der Waals surface area contributed by atoms with Crippen LogP contribution in [0.1, 0.15) is 6.42 Å². The number of rotatable bonds is 0. The van der Waals surface area contributed by atoms with Crippen molar-refractivity contribution in [2.75, 3.05) is 13.2 Å². The Morgan fingerprint density at radius 3 is 2.33 bits per heavy atom. The summed E-state index contributed by atoms with van der Waals surface area (Å²) in [6, 6.07) is 0. The first-order valence-corrected chi connectivity index (χ1v) is 7.40. The molecule has 4 aliphatic rings. The molecule has 0 N–H and O–H groups in total. The Kier molecular flexibility index (Phi) is 2.33. The maximum atomic E-state index is 6.85. The van der Waals surface area contributed by atoms with Gasteiger partial charge in [-0.25, -0.2) is 0 Å². The molecule has 98 valence electrons. The van der Waals surface area contributed by atoms with E-state index in [0.29, 0.717) is 23.3 Å². The van der Waals surface area contributed by atoms with Gasteiger partial charge in [-0.15, -0.1) is 23.2 Å². The van der Waals surface area contributed by atoms with Gasteiger partial charge in [0.1, 0.15) is 9.75 Å². The highest BCUT2D eigenvalue weighted by molar-refractivity contribution is 6.52. The summed E-state index contributed by atoms with van der Waals surface area (Å²) in [5.41, 5.74) is 0. The quantitative estimate of drug-likeness (QED) is 0.500. The first-order valence-electron chi connectivity index (χ1n) is 5.89. The zero-order chi connectivity index (χ0) is 12.8. The van der Waals surface area contributed by atoms with E-state index in [1.165, 1.54) is 0 Å². The zero-order valence-corrected chi connectivity index (χ0v) is 12.3. The molecular weight excluding hydrogens is 318 g/mol. The smallest absolute Gasteiger partial charge is 0.218 e. The molecular formula is C12H10Cl4O2. The number of alkyl halides is 2. The van der Waals surface area contributed by atoms with Crippen LogP contribution in [0.2, 0.25) is 0 Å². The van der Waals surface area contributed by atoms with E-state index in [1.54, 1.807) is 0 Å². The van der Waals surface area contributed by atoms with E-state index < -0.39 is 15.5 Å². The maximum Gasteiger partial charge on any atom is 0.218 e. The second-order valence-corrected chi connectivity index (χ2v) is 7.11. The third-order valence-electron chi connectivity index (χ3n) is 4.62. The lowest BCUT2D eigenvalue weighted by Gasteiger charge is -2.39. The fourth-order valence-electron chi connectivity index (χ4n) is 3.95. The van der Waals surface area contributed by atoms with Crippen LogP contribution in [0.4, 0.5) is 0 Å². The fraction of sp³-hybridized carbons (Fsp3) is 0.667. The second-order valence-electron chi connectivity index (χ2n) is 5.16. The van der Waals surface area contributed by atoms with Gasteiger partial charge in [0.15, 0.2) is 0 Å². The SMILES string of the molecule is ClC1=C(Cl)[C@]2(Cl)[C@H]3CC=C[C@@H]3[C@@]1(Cl)C21OCCO1. The van der Waals surface area contributed by atoms with Crippen molar-refractivity contribution in [1.29, 1.82) is 0 Å². The van der Waals surface area contributed by atoms with Crippen molar-refractivity contribution in [3.8, 4) is 0 Å². The van der Waals surface area contributed by atoms with Crippen LogP contribution in [0.25, 0.3) is 0 Å². The van der Waals surface area contributed by atoms with Crippen LogP contribution in [0.15, 0.2) is 22.2 Å². The molecule has 0 amide bonds. The first-order chi connectivity index (χ1) is 8.50. The summed E-state index contributed by atoms with van der Waals surface area (Å²) in [4.78, 5) is -1.97. The summed E-state index contributed by atoms with van der Waals surface area (Å²) in [7, 11) is 0. The second kappa shape index (κ2) is 3.41. The predicted molar refractivity (Wildman–Crippen MR) is 71.3 cm³/mol. The molecule has 2 bridgehead atoms. The molecule has 0 radical (unpaired) electrons. The molecule has 0 unspecified atom stereocenters. The van der Waals surface area contributed by atoms with E-state index in [1.807, 2.05) is 0 Å². The molecule has 1 spiro atoms. The number of allylic oxidation sites excluding steroid dienone is 2. The van der Waals surface area contributed by atoms with Crippen LogP contribution >= 0.6 is 46.4 Å². The lowest BCUT2D eigenvalue weighted by atomic mass is 9.84. The van der Waals surface area contributed by atoms with E-state index in [4.69, 9.17) is 55.9 Å². The van der Waals surface area contributed by atoms with Crippen molar-refractivity contribution in [3.63, 3.8) is 0 Å².